The summed E-state index contributed by atoms with van der Waals surface area (Å²) in [6.07, 6.45) is -0.228. The molecule has 1 saturated heterocycles. The molecule has 8 heteroatoms. The van der Waals surface area contributed by atoms with Crippen molar-refractivity contribution in [1.82, 2.24) is 4.90 Å². The number of aliphatic carboxylic acids is 1. The highest BCUT2D eigenvalue weighted by molar-refractivity contribution is 9.10. The zero-order valence-corrected chi connectivity index (χ0v) is 13.6. The molecule has 6 nitrogen and oxygen atoms in total. The first-order valence-electron chi connectivity index (χ1n) is 6.40. The molecule has 1 heterocycles. The average molecular weight is 378 g/mol. The van der Waals surface area contributed by atoms with Gasteiger partial charge in [-0.3, -0.25) is 9.69 Å². The van der Waals surface area contributed by atoms with E-state index >= 15 is 0 Å². The molecule has 1 aromatic carbocycles. The Hall–Kier alpha value is -1.12. The lowest BCUT2D eigenvalue weighted by Gasteiger charge is -2.34. The van der Waals surface area contributed by atoms with E-state index in [4.69, 9.17) is 5.11 Å². The lowest BCUT2D eigenvalue weighted by atomic mass is 10.1. The van der Waals surface area contributed by atoms with Gasteiger partial charge in [0.05, 0.1) is 17.9 Å². The first-order chi connectivity index (χ1) is 9.77. The van der Waals surface area contributed by atoms with Crippen LogP contribution >= 0.6 is 15.9 Å². The lowest BCUT2D eigenvalue weighted by Crippen LogP contribution is -2.48. The second-order valence-corrected chi connectivity index (χ2v) is 8.25. The van der Waals surface area contributed by atoms with Gasteiger partial charge >= 0.3 is 5.97 Å². The van der Waals surface area contributed by atoms with Crippen LogP contribution in [0, 0.1) is 0 Å². The summed E-state index contributed by atoms with van der Waals surface area (Å²) in [5.41, 5.74) is 0.638. The van der Waals surface area contributed by atoms with E-state index in [1.54, 1.807) is 23.1 Å². The number of carboxylic acids is 1. The SMILES string of the molecule is O=C(O)CC1CS(=O)(=O)CCN1Cc1cc(Br)ccc1O. The Morgan fingerprint density at radius 1 is 1.43 bits per heavy atom. The van der Waals surface area contributed by atoms with Gasteiger partial charge in [0, 0.05) is 29.2 Å². The molecule has 116 valence electrons. The van der Waals surface area contributed by atoms with Gasteiger partial charge in [-0.2, -0.15) is 0 Å². The van der Waals surface area contributed by atoms with Crippen LogP contribution in [0.2, 0.25) is 0 Å². The van der Waals surface area contributed by atoms with Crippen molar-refractivity contribution in [1.29, 1.82) is 0 Å². The molecule has 0 radical (unpaired) electrons. The van der Waals surface area contributed by atoms with Crippen molar-refractivity contribution in [3.05, 3.63) is 28.2 Å². The Morgan fingerprint density at radius 3 is 2.81 bits per heavy atom. The third kappa shape index (κ3) is 4.42. The van der Waals surface area contributed by atoms with Crippen LogP contribution in [0.5, 0.6) is 5.75 Å². The van der Waals surface area contributed by atoms with Crippen molar-refractivity contribution in [2.45, 2.75) is 19.0 Å². The van der Waals surface area contributed by atoms with E-state index in [-0.39, 0.29) is 30.2 Å². The summed E-state index contributed by atoms with van der Waals surface area (Å²) in [5.74, 6) is -1.06. The van der Waals surface area contributed by atoms with Crippen LogP contribution in [-0.4, -0.2) is 53.6 Å². The maximum absolute atomic E-state index is 11.7. The zero-order chi connectivity index (χ0) is 15.6. The van der Waals surface area contributed by atoms with E-state index in [1.807, 2.05) is 0 Å². The molecule has 2 rings (SSSR count). The molecule has 1 aliphatic heterocycles. The fourth-order valence-electron chi connectivity index (χ4n) is 2.42. The summed E-state index contributed by atoms with van der Waals surface area (Å²) < 4.78 is 24.2. The Morgan fingerprint density at radius 2 is 2.14 bits per heavy atom. The summed E-state index contributed by atoms with van der Waals surface area (Å²) >= 11 is 3.31. The van der Waals surface area contributed by atoms with Crippen molar-refractivity contribution < 1.29 is 23.4 Å². The number of carboxylic acid groups (broad SMARTS) is 1. The first kappa shape index (κ1) is 16.3. The van der Waals surface area contributed by atoms with Crippen LogP contribution < -0.4 is 0 Å². The largest absolute Gasteiger partial charge is 0.508 e. The van der Waals surface area contributed by atoms with E-state index in [1.165, 1.54) is 0 Å². The van der Waals surface area contributed by atoms with Gasteiger partial charge in [0.25, 0.3) is 0 Å². The standard InChI is InChI=1S/C13H16BrNO5S/c14-10-1-2-12(16)9(5-10)7-15-3-4-21(19,20)8-11(15)6-13(17)18/h1-2,5,11,16H,3-4,6-8H2,(H,17,18). The molecule has 0 amide bonds. The molecule has 21 heavy (non-hydrogen) atoms. The Bertz CT molecular complexity index is 646. The zero-order valence-electron chi connectivity index (χ0n) is 11.2. The normalized spacial score (nSPS) is 22.0. The number of phenols is 1. The highest BCUT2D eigenvalue weighted by atomic mass is 79.9. The van der Waals surface area contributed by atoms with E-state index in [9.17, 15) is 18.3 Å². The topological polar surface area (TPSA) is 94.9 Å². The third-order valence-electron chi connectivity index (χ3n) is 3.48. The number of phenolic OH excluding ortho intramolecular Hbond substituents is 1. The van der Waals surface area contributed by atoms with Gasteiger partial charge in [-0.1, -0.05) is 15.9 Å². The van der Waals surface area contributed by atoms with E-state index in [0.717, 1.165) is 4.47 Å². The predicted octanol–water partition coefficient (Wildman–Crippen LogP) is 1.23. The fourth-order valence-corrected chi connectivity index (χ4v) is 4.42. The van der Waals surface area contributed by atoms with Gasteiger partial charge in [-0.25, -0.2) is 8.42 Å². The molecule has 0 bridgehead atoms. The molecule has 2 N–H and O–H groups in total. The van der Waals surface area contributed by atoms with Crippen molar-refractivity contribution in [2.24, 2.45) is 0 Å². The van der Waals surface area contributed by atoms with Crippen molar-refractivity contribution in [3.8, 4) is 5.75 Å². The van der Waals surface area contributed by atoms with Gasteiger partial charge in [-0.15, -0.1) is 0 Å². The minimum Gasteiger partial charge on any atom is -0.508 e. The van der Waals surface area contributed by atoms with E-state index in [2.05, 4.69) is 15.9 Å². The highest BCUT2D eigenvalue weighted by Gasteiger charge is 2.32. The van der Waals surface area contributed by atoms with Gasteiger partial charge in [0.1, 0.15) is 5.75 Å². The van der Waals surface area contributed by atoms with E-state index in [0.29, 0.717) is 12.1 Å². The molecule has 1 aromatic rings. The predicted molar refractivity (Wildman–Crippen MR) is 80.9 cm³/mol. The van der Waals surface area contributed by atoms with E-state index < -0.39 is 21.8 Å². The van der Waals surface area contributed by atoms with Crippen LogP contribution in [0.1, 0.15) is 12.0 Å². The Kier molecular flexibility index (Phi) is 4.90. The van der Waals surface area contributed by atoms with Gasteiger partial charge in [-0.05, 0) is 18.2 Å². The number of hydrogen-bond acceptors (Lipinski definition) is 5. The van der Waals surface area contributed by atoms with Crippen LogP contribution in [0.15, 0.2) is 22.7 Å². The van der Waals surface area contributed by atoms with Crippen LogP contribution in [0.25, 0.3) is 0 Å². The number of carbonyl (C=O) groups is 1. The Labute approximate surface area is 131 Å². The molecular formula is C13H16BrNO5S. The summed E-state index contributed by atoms with van der Waals surface area (Å²) in [7, 11) is -3.20. The number of hydrogen-bond donors (Lipinski definition) is 2. The minimum absolute atomic E-state index is 0.0118. The van der Waals surface area contributed by atoms with Crippen LogP contribution in [0.4, 0.5) is 0 Å². The maximum Gasteiger partial charge on any atom is 0.304 e. The molecule has 1 unspecified atom stereocenters. The number of rotatable bonds is 4. The molecule has 0 aliphatic carbocycles. The lowest BCUT2D eigenvalue weighted by molar-refractivity contribution is -0.138. The number of halogens is 1. The maximum atomic E-state index is 11.7. The number of aromatic hydroxyl groups is 1. The second-order valence-electron chi connectivity index (χ2n) is 5.11. The fraction of sp³-hybridized carbons (Fsp3) is 0.462. The van der Waals surface area contributed by atoms with Gasteiger partial charge in [0.2, 0.25) is 0 Å². The Balaban J connectivity index is 2.20. The molecular weight excluding hydrogens is 362 g/mol. The summed E-state index contributed by atoms with van der Waals surface area (Å²) in [6.45, 7) is 0.588. The van der Waals surface area contributed by atoms with Crippen molar-refractivity contribution in [2.75, 3.05) is 18.1 Å². The van der Waals surface area contributed by atoms with Gasteiger partial charge in [0.15, 0.2) is 9.84 Å². The van der Waals surface area contributed by atoms with Crippen molar-refractivity contribution in [3.63, 3.8) is 0 Å². The summed E-state index contributed by atoms with van der Waals surface area (Å²) in [5, 5.41) is 18.8. The van der Waals surface area contributed by atoms with Crippen molar-refractivity contribution >= 4 is 31.7 Å². The molecule has 0 aromatic heterocycles. The summed E-state index contributed by atoms with van der Waals surface area (Å²) in [6, 6.07) is 4.43. The smallest absolute Gasteiger partial charge is 0.304 e. The molecule has 1 aliphatic rings. The number of nitrogens with zero attached hydrogens (tertiary/aromatic N) is 1. The molecule has 0 spiro atoms. The molecule has 1 fully saturated rings. The minimum atomic E-state index is -3.20. The monoisotopic (exact) mass is 377 g/mol. The third-order valence-corrected chi connectivity index (χ3v) is 5.67. The quantitative estimate of drug-likeness (QED) is 0.819. The van der Waals surface area contributed by atoms with Crippen LogP contribution in [-0.2, 0) is 21.2 Å². The average Bonchev–Trinajstić information content (AvgIpc) is 2.35. The van der Waals surface area contributed by atoms with Crippen LogP contribution in [0.3, 0.4) is 0 Å². The molecule has 0 saturated carbocycles. The number of benzene rings is 1. The van der Waals surface area contributed by atoms with Gasteiger partial charge < -0.3 is 10.2 Å². The summed E-state index contributed by atoms with van der Waals surface area (Å²) in [4.78, 5) is 12.7. The first-order valence-corrected chi connectivity index (χ1v) is 9.02. The number of sulfone groups is 1. The second kappa shape index (κ2) is 6.33. The molecule has 1 atom stereocenters. The highest BCUT2D eigenvalue weighted by Crippen LogP contribution is 2.26.